The Morgan fingerprint density at radius 3 is 3.00 bits per heavy atom. The van der Waals surface area contributed by atoms with Crippen LogP contribution in [0.4, 0.5) is 0 Å². The van der Waals surface area contributed by atoms with Gasteiger partial charge in [0.25, 0.3) is 0 Å². The summed E-state index contributed by atoms with van der Waals surface area (Å²) in [6.07, 6.45) is 3.75. The summed E-state index contributed by atoms with van der Waals surface area (Å²) >= 11 is 3.43. The fourth-order valence-corrected chi connectivity index (χ4v) is 1.58. The summed E-state index contributed by atoms with van der Waals surface area (Å²) in [6, 6.07) is 1.92. The van der Waals surface area contributed by atoms with Crippen LogP contribution in [0.25, 0.3) is 0 Å². The van der Waals surface area contributed by atoms with E-state index in [0.717, 1.165) is 42.8 Å². The Bertz CT molecular complexity index is 250. The molecule has 0 saturated carbocycles. The predicted octanol–water partition coefficient (Wildman–Crippen LogP) is 2.21. The molecule has 4 heteroatoms. The second-order valence-electron chi connectivity index (χ2n) is 3.04. The molecule has 0 aliphatic heterocycles. The Morgan fingerprint density at radius 1 is 1.50 bits per heavy atom. The molecule has 1 heterocycles. The minimum absolute atomic E-state index is 0.768. The van der Waals surface area contributed by atoms with E-state index in [1.165, 1.54) is 0 Å². The largest absolute Gasteiger partial charge is 0.468 e. The Labute approximate surface area is 92.9 Å². The number of nitrogens with one attached hydrogen (secondary N) is 1. The third-order valence-electron chi connectivity index (χ3n) is 1.93. The van der Waals surface area contributed by atoms with Crippen LogP contribution in [0.5, 0.6) is 0 Å². The lowest BCUT2D eigenvalue weighted by molar-refractivity contribution is 0.199. The summed E-state index contributed by atoms with van der Waals surface area (Å²) in [5.74, 6) is 1.03. The minimum Gasteiger partial charge on any atom is -0.468 e. The number of hydrogen-bond donors (Lipinski definition) is 1. The lowest BCUT2D eigenvalue weighted by atomic mass is 10.2. The fraction of sp³-hybridized carbons (Fsp3) is 0.600. The van der Waals surface area contributed by atoms with Crippen LogP contribution in [0.15, 0.2) is 21.2 Å². The molecule has 80 valence electrons. The highest BCUT2D eigenvalue weighted by molar-refractivity contribution is 9.10. The van der Waals surface area contributed by atoms with E-state index in [1.807, 2.05) is 6.07 Å². The molecule has 0 saturated heterocycles. The molecule has 0 amide bonds. The Kier molecular flexibility index (Phi) is 5.91. The summed E-state index contributed by atoms with van der Waals surface area (Å²) in [5, 5.41) is 3.29. The Hall–Kier alpha value is -0.320. The van der Waals surface area contributed by atoms with Gasteiger partial charge in [-0.1, -0.05) is 0 Å². The second-order valence-corrected chi connectivity index (χ2v) is 3.89. The van der Waals surface area contributed by atoms with Gasteiger partial charge in [0.1, 0.15) is 5.76 Å². The number of rotatable bonds is 7. The molecular weight excluding hydrogens is 246 g/mol. The number of hydrogen-bond acceptors (Lipinski definition) is 3. The van der Waals surface area contributed by atoms with Crippen LogP contribution in [0.1, 0.15) is 12.2 Å². The van der Waals surface area contributed by atoms with Crippen molar-refractivity contribution < 1.29 is 9.15 Å². The third-order valence-corrected chi connectivity index (χ3v) is 2.64. The zero-order valence-corrected chi connectivity index (χ0v) is 9.97. The van der Waals surface area contributed by atoms with Crippen molar-refractivity contribution in [2.45, 2.75) is 12.8 Å². The van der Waals surface area contributed by atoms with Crippen molar-refractivity contribution in [2.75, 3.05) is 26.8 Å². The van der Waals surface area contributed by atoms with E-state index in [0.29, 0.717) is 0 Å². The van der Waals surface area contributed by atoms with Crippen LogP contribution in [0.3, 0.4) is 0 Å². The highest BCUT2D eigenvalue weighted by Crippen LogP contribution is 2.18. The smallest absolute Gasteiger partial charge is 0.117 e. The standard InChI is InChI=1S/C10H16BrNO2/c1-13-8-6-12-5-2-3-10-9(11)4-7-14-10/h4,7,12H,2-3,5-6,8H2,1H3. The molecule has 14 heavy (non-hydrogen) atoms. The zero-order chi connectivity index (χ0) is 10.2. The van der Waals surface area contributed by atoms with E-state index in [2.05, 4.69) is 21.2 Å². The van der Waals surface area contributed by atoms with Crippen molar-refractivity contribution in [1.82, 2.24) is 5.32 Å². The van der Waals surface area contributed by atoms with Gasteiger partial charge in [-0.15, -0.1) is 0 Å². The molecule has 0 aliphatic carbocycles. The Balaban J connectivity index is 2.02. The predicted molar refractivity (Wildman–Crippen MR) is 59.5 cm³/mol. The van der Waals surface area contributed by atoms with Crippen LogP contribution in [0.2, 0.25) is 0 Å². The highest BCUT2D eigenvalue weighted by Gasteiger charge is 2.01. The van der Waals surface area contributed by atoms with Crippen molar-refractivity contribution in [3.8, 4) is 0 Å². The molecular formula is C10H16BrNO2. The van der Waals surface area contributed by atoms with E-state index < -0.39 is 0 Å². The first kappa shape index (κ1) is 11.8. The van der Waals surface area contributed by atoms with Crippen molar-refractivity contribution in [3.63, 3.8) is 0 Å². The van der Waals surface area contributed by atoms with Gasteiger partial charge in [0.15, 0.2) is 0 Å². The summed E-state index contributed by atoms with van der Waals surface area (Å²) in [7, 11) is 1.71. The van der Waals surface area contributed by atoms with Gasteiger partial charge in [0, 0.05) is 20.1 Å². The molecule has 3 nitrogen and oxygen atoms in total. The topological polar surface area (TPSA) is 34.4 Å². The van der Waals surface area contributed by atoms with Gasteiger partial charge in [0.05, 0.1) is 17.3 Å². The maximum absolute atomic E-state index is 5.29. The van der Waals surface area contributed by atoms with Crippen LogP contribution in [0, 0.1) is 0 Å². The van der Waals surface area contributed by atoms with Gasteiger partial charge < -0.3 is 14.5 Å². The number of halogens is 1. The van der Waals surface area contributed by atoms with Crippen LogP contribution in [-0.2, 0) is 11.2 Å². The van der Waals surface area contributed by atoms with E-state index in [-0.39, 0.29) is 0 Å². The average Bonchev–Trinajstić information content (AvgIpc) is 2.58. The number of aryl methyl sites for hydroxylation is 1. The molecule has 0 aromatic carbocycles. The maximum Gasteiger partial charge on any atom is 0.117 e. The maximum atomic E-state index is 5.29. The zero-order valence-electron chi connectivity index (χ0n) is 8.38. The molecule has 1 rings (SSSR count). The summed E-state index contributed by atoms with van der Waals surface area (Å²) in [5.41, 5.74) is 0. The minimum atomic E-state index is 0.768. The molecule has 1 aromatic heterocycles. The summed E-state index contributed by atoms with van der Waals surface area (Å²) < 4.78 is 11.3. The average molecular weight is 262 g/mol. The summed E-state index contributed by atoms with van der Waals surface area (Å²) in [4.78, 5) is 0. The monoisotopic (exact) mass is 261 g/mol. The highest BCUT2D eigenvalue weighted by atomic mass is 79.9. The first-order valence-electron chi connectivity index (χ1n) is 4.76. The van der Waals surface area contributed by atoms with Crippen molar-refractivity contribution in [1.29, 1.82) is 0 Å². The van der Waals surface area contributed by atoms with Crippen LogP contribution in [-0.4, -0.2) is 26.8 Å². The van der Waals surface area contributed by atoms with Crippen molar-refractivity contribution >= 4 is 15.9 Å². The van der Waals surface area contributed by atoms with Crippen LogP contribution >= 0.6 is 15.9 Å². The molecule has 1 N–H and O–H groups in total. The quantitative estimate of drug-likeness (QED) is 0.765. The van der Waals surface area contributed by atoms with E-state index in [1.54, 1.807) is 13.4 Å². The Morgan fingerprint density at radius 2 is 2.36 bits per heavy atom. The van der Waals surface area contributed by atoms with E-state index in [4.69, 9.17) is 9.15 Å². The number of ether oxygens (including phenoxy) is 1. The van der Waals surface area contributed by atoms with Crippen molar-refractivity contribution in [3.05, 3.63) is 22.6 Å². The lowest BCUT2D eigenvalue weighted by Crippen LogP contribution is -2.20. The van der Waals surface area contributed by atoms with Gasteiger partial charge >= 0.3 is 0 Å². The van der Waals surface area contributed by atoms with Crippen molar-refractivity contribution in [2.24, 2.45) is 0 Å². The molecule has 0 atom stereocenters. The van der Waals surface area contributed by atoms with Gasteiger partial charge in [-0.3, -0.25) is 0 Å². The second kappa shape index (κ2) is 7.04. The normalized spacial score (nSPS) is 10.7. The number of methoxy groups -OCH3 is 1. The van der Waals surface area contributed by atoms with E-state index >= 15 is 0 Å². The molecule has 0 bridgehead atoms. The SMILES string of the molecule is COCCNCCCc1occc1Br. The van der Waals surface area contributed by atoms with Crippen LogP contribution < -0.4 is 5.32 Å². The molecule has 0 spiro atoms. The van der Waals surface area contributed by atoms with Gasteiger partial charge in [-0.05, 0) is 35.0 Å². The van der Waals surface area contributed by atoms with Gasteiger partial charge in [-0.25, -0.2) is 0 Å². The molecule has 0 radical (unpaired) electrons. The molecule has 0 fully saturated rings. The molecule has 0 unspecified atom stereocenters. The summed E-state index contributed by atoms with van der Waals surface area (Å²) in [6.45, 7) is 2.68. The number of furan rings is 1. The third kappa shape index (κ3) is 4.26. The molecule has 0 aliphatic rings. The lowest BCUT2D eigenvalue weighted by Gasteiger charge is -2.02. The van der Waals surface area contributed by atoms with Gasteiger partial charge in [-0.2, -0.15) is 0 Å². The first-order chi connectivity index (χ1) is 6.84. The van der Waals surface area contributed by atoms with E-state index in [9.17, 15) is 0 Å². The first-order valence-corrected chi connectivity index (χ1v) is 5.55. The van der Waals surface area contributed by atoms with Gasteiger partial charge in [0.2, 0.25) is 0 Å². The fourth-order valence-electron chi connectivity index (χ4n) is 1.18. The molecule has 1 aromatic rings.